The Hall–Kier alpha value is -1.73. The first-order valence-electron chi connectivity index (χ1n) is 7.43. The maximum Gasteiger partial charge on any atom is 0.321 e. The minimum atomic E-state index is -1.07. The molecule has 2 N–H and O–H groups in total. The van der Waals surface area contributed by atoms with Crippen molar-refractivity contribution < 1.29 is 19.1 Å². The molecular formula is C16H21ClN2O4S. The van der Waals surface area contributed by atoms with Gasteiger partial charge < -0.3 is 10.1 Å². The van der Waals surface area contributed by atoms with Gasteiger partial charge in [-0.1, -0.05) is 11.6 Å². The number of nitrogens with one attached hydrogen (secondary N) is 2. The molecule has 0 heterocycles. The Morgan fingerprint density at radius 3 is 2.21 bits per heavy atom. The zero-order valence-electron chi connectivity index (χ0n) is 14.0. The zero-order chi connectivity index (χ0) is 18.3. The predicted octanol–water partition coefficient (Wildman–Crippen LogP) is 2.99. The van der Waals surface area contributed by atoms with Crippen LogP contribution in [0, 0.1) is 0 Å². The average Bonchev–Trinajstić information content (AvgIpc) is 2.48. The number of hydrogen-bond donors (Lipinski definition) is 2. The Labute approximate surface area is 150 Å². The third-order valence-corrected chi connectivity index (χ3v) is 4.12. The lowest BCUT2D eigenvalue weighted by Crippen LogP contribution is -2.46. The molecule has 0 bridgehead atoms. The monoisotopic (exact) mass is 372 g/mol. The molecule has 0 unspecified atom stereocenters. The van der Waals surface area contributed by atoms with Gasteiger partial charge in [0.05, 0.1) is 0 Å². The highest BCUT2D eigenvalue weighted by molar-refractivity contribution is 8.00. The van der Waals surface area contributed by atoms with Crippen molar-refractivity contribution in [3.63, 3.8) is 0 Å². The van der Waals surface area contributed by atoms with Crippen molar-refractivity contribution in [3.8, 4) is 0 Å². The van der Waals surface area contributed by atoms with E-state index >= 15 is 0 Å². The highest BCUT2D eigenvalue weighted by Crippen LogP contribution is 2.25. The second-order valence-corrected chi connectivity index (χ2v) is 7.26. The van der Waals surface area contributed by atoms with E-state index in [4.69, 9.17) is 16.3 Å². The first kappa shape index (κ1) is 20.3. The van der Waals surface area contributed by atoms with Crippen LogP contribution in [-0.2, 0) is 14.3 Å². The van der Waals surface area contributed by atoms with Crippen LogP contribution in [0.3, 0.4) is 0 Å². The van der Waals surface area contributed by atoms with Crippen LogP contribution >= 0.6 is 23.4 Å². The molecule has 0 radical (unpaired) electrons. The molecule has 0 aromatic heterocycles. The molecule has 3 amide bonds. The van der Waals surface area contributed by atoms with Crippen molar-refractivity contribution in [2.75, 3.05) is 0 Å². The predicted molar refractivity (Wildman–Crippen MR) is 94.1 cm³/mol. The summed E-state index contributed by atoms with van der Waals surface area (Å²) < 4.78 is 5.10. The largest absolute Gasteiger partial charge is 0.452 e. The summed E-state index contributed by atoms with van der Waals surface area (Å²) in [4.78, 5) is 36.2. The smallest absolute Gasteiger partial charge is 0.321 e. The zero-order valence-corrected chi connectivity index (χ0v) is 15.5. The van der Waals surface area contributed by atoms with Crippen LogP contribution in [0.5, 0.6) is 0 Å². The van der Waals surface area contributed by atoms with Crippen molar-refractivity contribution in [2.45, 2.75) is 50.0 Å². The van der Waals surface area contributed by atoms with Crippen molar-refractivity contribution in [2.24, 2.45) is 0 Å². The summed E-state index contributed by atoms with van der Waals surface area (Å²) in [5.41, 5.74) is 0. The van der Waals surface area contributed by atoms with Crippen molar-refractivity contribution in [1.29, 1.82) is 0 Å². The minimum Gasteiger partial charge on any atom is -0.452 e. The number of esters is 1. The van der Waals surface area contributed by atoms with E-state index in [0.29, 0.717) is 5.02 Å². The number of ether oxygens (including phenoxy) is 1. The first-order valence-corrected chi connectivity index (χ1v) is 8.69. The molecule has 2 atom stereocenters. The topological polar surface area (TPSA) is 84.5 Å². The van der Waals surface area contributed by atoms with Crippen LogP contribution in [0.1, 0.15) is 27.7 Å². The molecule has 0 aliphatic heterocycles. The number of amides is 3. The molecule has 6 nitrogen and oxygen atoms in total. The molecule has 1 rings (SSSR count). The molecule has 0 saturated carbocycles. The summed E-state index contributed by atoms with van der Waals surface area (Å²) >= 11 is 7.10. The summed E-state index contributed by atoms with van der Waals surface area (Å²) in [6.07, 6.45) is -1.07. The quantitative estimate of drug-likeness (QED) is 0.592. The van der Waals surface area contributed by atoms with Gasteiger partial charge in [0.25, 0.3) is 5.91 Å². The number of carbonyl (C=O) groups excluding carboxylic acids is 3. The van der Waals surface area contributed by atoms with Crippen molar-refractivity contribution in [1.82, 2.24) is 10.6 Å². The summed E-state index contributed by atoms with van der Waals surface area (Å²) in [7, 11) is 0. The van der Waals surface area contributed by atoms with Gasteiger partial charge in [0.1, 0.15) is 5.25 Å². The number of imide groups is 1. The van der Waals surface area contributed by atoms with Gasteiger partial charge >= 0.3 is 12.0 Å². The number of hydrogen-bond acceptors (Lipinski definition) is 5. The Morgan fingerprint density at radius 2 is 1.67 bits per heavy atom. The van der Waals surface area contributed by atoms with E-state index < -0.39 is 29.3 Å². The molecule has 0 aliphatic rings. The van der Waals surface area contributed by atoms with Gasteiger partial charge in [-0.05, 0) is 52.0 Å². The van der Waals surface area contributed by atoms with E-state index in [9.17, 15) is 14.4 Å². The molecule has 1 aromatic carbocycles. The molecule has 132 valence electrons. The lowest BCUT2D eigenvalue weighted by atomic mass is 10.3. The van der Waals surface area contributed by atoms with Crippen LogP contribution in [-0.4, -0.2) is 35.3 Å². The highest BCUT2D eigenvalue weighted by Gasteiger charge is 2.24. The fraction of sp³-hybridized carbons (Fsp3) is 0.438. The second kappa shape index (κ2) is 9.54. The Balaban J connectivity index is 2.48. The van der Waals surface area contributed by atoms with E-state index in [1.165, 1.54) is 18.7 Å². The molecule has 24 heavy (non-hydrogen) atoms. The van der Waals surface area contributed by atoms with Gasteiger partial charge in [0, 0.05) is 16.0 Å². The number of rotatable bonds is 6. The summed E-state index contributed by atoms with van der Waals surface area (Å²) in [6.45, 7) is 6.62. The van der Waals surface area contributed by atoms with Crippen LogP contribution in [0.15, 0.2) is 29.2 Å². The van der Waals surface area contributed by atoms with Gasteiger partial charge in [-0.15, -0.1) is 11.8 Å². The maximum atomic E-state index is 12.0. The molecule has 0 saturated heterocycles. The van der Waals surface area contributed by atoms with Gasteiger partial charge in [-0.2, -0.15) is 0 Å². The first-order chi connectivity index (χ1) is 11.2. The molecule has 1 aromatic rings. The fourth-order valence-electron chi connectivity index (χ4n) is 1.60. The lowest BCUT2D eigenvalue weighted by molar-refractivity contribution is -0.153. The van der Waals surface area contributed by atoms with Crippen LogP contribution in [0.25, 0.3) is 0 Å². The summed E-state index contributed by atoms with van der Waals surface area (Å²) in [5, 5.41) is 4.74. The highest BCUT2D eigenvalue weighted by atomic mass is 35.5. The number of urea groups is 1. The summed E-state index contributed by atoms with van der Waals surface area (Å²) in [5.74, 6) is -1.22. The summed E-state index contributed by atoms with van der Waals surface area (Å²) in [6, 6.07) is 6.32. The average molecular weight is 373 g/mol. The van der Waals surface area contributed by atoms with E-state index in [1.54, 1.807) is 45.0 Å². The minimum absolute atomic E-state index is 0.105. The van der Waals surface area contributed by atoms with Crippen LogP contribution in [0.4, 0.5) is 4.79 Å². The van der Waals surface area contributed by atoms with Gasteiger partial charge in [0.2, 0.25) is 0 Å². The number of thioether (sulfide) groups is 1. The van der Waals surface area contributed by atoms with Gasteiger partial charge in [-0.3, -0.25) is 14.9 Å². The van der Waals surface area contributed by atoms with E-state index in [1.807, 2.05) is 0 Å². The third-order valence-electron chi connectivity index (χ3n) is 2.78. The van der Waals surface area contributed by atoms with E-state index in [0.717, 1.165) is 4.90 Å². The number of carbonyl (C=O) groups is 3. The molecular weight excluding hydrogens is 352 g/mol. The van der Waals surface area contributed by atoms with Gasteiger partial charge in [0.15, 0.2) is 6.10 Å². The number of benzene rings is 1. The van der Waals surface area contributed by atoms with E-state index in [2.05, 4.69) is 10.6 Å². The molecule has 0 fully saturated rings. The van der Waals surface area contributed by atoms with Crippen molar-refractivity contribution >= 4 is 41.3 Å². The fourth-order valence-corrected chi connectivity index (χ4v) is 2.58. The third kappa shape index (κ3) is 7.23. The van der Waals surface area contributed by atoms with Crippen LogP contribution < -0.4 is 10.6 Å². The van der Waals surface area contributed by atoms with E-state index in [-0.39, 0.29) is 6.04 Å². The SMILES string of the molecule is CC(C)NC(=O)NC(=O)[C@@H](C)OC(=O)[C@H](C)Sc1ccc(Cl)cc1. The Kier molecular flexibility index (Phi) is 8.07. The standard InChI is InChI=1S/C16H21ClN2O4S/c1-9(2)18-16(22)19-14(20)10(3)23-15(21)11(4)24-13-7-5-12(17)6-8-13/h5-11H,1-4H3,(H2,18,19,20,22)/t10-,11+/m1/s1. The van der Waals surface area contributed by atoms with Crippen molar-refractivity contribution in [3.05, 3.63) is 29.3 Å². The van der Waals surface area contributed by atoms with Gasteiger partial charge in [-0.25, -0.2) is 4.79 Å². The van der Waals surface area contributed by atoms with Crippen LogP contribution in [0.2, 0.25) is 5.02 Å². The Morgan fingerprint density at radius 1 is 1.08 bits per heavy atom. The molecule has 0 spiro atoms. The molecule has 0 aliphatic carbocycles. The maximum absolute atomic E-state index is 12.0. The second-order valence-electron chi connectivity index (χ2n) is 5.41. The number of halogens is 1. The lowest BCUT2D eigenvalue weighted by Gasteiger charge is -2.17. The molecule has 8 heteroatoms. The Bertz CT molecular complexity index is 592. The normalized spacial score (nSPS) is 13.1.